The van der Waals surface area contributed by atoms with Crippen LogP contribution in [0, 0.1) is 5.92 Å². The highest BCUT2D eigenvalue weighted by Crippen LogP contribution is 2.25. The molecule has 3 N–H and O–H groups in total. The Balaban J connectivity index is 1.22. The maximum atomic E-state index is 12.3. The van der Waals surface area contributed by atoms with Gasteiger partial charge in [-0.05, 0) is 59.4 Å². The molecule has 0 aliphatic heterocycles. The quantitative estimate of drug-likeness (QED) is 0.498. The first-order chi connectivity index (χ1) is 15.2. The van der Waals surface area contributed by atoms with Crippen LogP contribution >= 0.6 is 0 Å². The number of fused-ring (bicyclic) bond motifs is 1. The highest BCUT2D eigenvalue weighted by Gasteiger charge is 2.14. The average Bonchev–Trinajstić information content (AvgIpc) is 3.31. The third-order valence-electron chi connectivity index (χ3n) is 5.92. The van der Waals surface area contributed by atoms with E-state index >= 15 is 0 Å². The number of nitrogens with one attached hydrogen (secondary N) is 3. The van der Waals surface area contributed by atoms with Gasteiger partial charge in [-0.25, -0.2) is 0 Å². The normalized spacial score (nSPS) is 13.8. The van der Waals surface area contributed by atoms with Crippen LogP contribution in [0.2, 0.25) is 0 Å². The molecule has 0 aromatic heterocycles. The molecule has 31 heavy (non-hydrogen) atoms. The Kier molecular flexibility index (Phi) is 6.82. The smallest absolute Gasteiger partial charge is 0.243 e. The summed E-state index contributed by atoms with van der Waals surface area (Å²) < 4.78 is 0. The van der Waals surface area contributed by atoms with Gasteiger partial charge in [0.1, 0.15) is 0 Å². The van der Waals surface area contributed by atoms with E-state index in [0.717, 1.165) is 40.2 Å². The Morgan fingerprint density at radius 2 is 1.52 bits per heavy atom. The average molecular weight is 416 g/mol. The number of carbonyl (C=O) groups is 2. The Bertz CT molecular complexity index is 1030. The highest BCUT2D eigenvalue weighted by atomic mass is 16.2. The summed E-state index contributed by atoms with van der Waals surface area (Å²) in [5, 5.41) is 11.2. The zero-order valence-corrected chi connectivity index (χ0v) is 17.7. The lowest BCUT2D eigenvalue weighted by atomic mass is 10.0. The van der Waals surface area contributed by atoms with Crippen molar-refractivity contribution in [2.75, 3.05) is 23.7 Å². The second kappa shape index (κ2) is 10.1. The van der Waals surface area contributed by atoms with Crippen LogP contribution in [0.4, 0.5) is 11.4 Å². The van der Waals surface area contributed by atoms with Crippen molar-refractivity contribution in [1.82, 2.24) is 5.32 Å². The summed E-state index contributed by atoms with van der Waals surface area (Å²) in [5.41, 5.74) is 2.74. The molecule has 3 aromatic carbocycles. The first-order valence-electron chi connectivity index (χ1n) is 11.0. The maximum Gasteiger partial charge on any atom is 0.243 e. The van der Waals surface area contributed by atoms with E-state index in [0.29, 0.717) is 0 Å². The molecular weight excluding hydrogens is 386 g/mol. The molecule has 2 amide bonds. The van der Waals surface area contributed by atoms with Gasteiger partial charge in [0.15, 0.2) is 0 Å². The van der Waals surface area contributed by atoms with Gasteiger partial charge >= 0.3 is 0 Å². The molecule has 0 unspecified atom stereocenters. The van der Waals surface area contributed by atoms with Crippen LogP contribution in [0.15, 0.2) is 66.7 Å². The lowest BCUT2D eigenvalue weighted by Crippen LogP contribution is -2.33. The van der Waals surface area contributed by atoms with Crippen molar-refractivity contribution >= 4 is 34.0 Å². The monoisotopic (exact) mass is 415 g/mol. The molecule has 0 saturated heterocycles. The van der Waals surface area contributed by atoms with Gasteiger partial charge in [0.2, 0.25) is 11.8 Å². The third kappa shape index (κ3) is 5.85. The first-order valence-corrected chi connectivity index (χ1v) is 11.0. The van der Waals surface area contributed by atoms with Gasteiger partial charge in [-0.1, -0.05) is 55.3 Å². The second-order valence-electron chi connectivity index (χ2n) is 8.25. The largest absolute Gasteiger partial charge is 0.385 e. The fourth-order valence-corrected chi connectivity index (χ4v) is 4.21. The summed E-state index contributed by atoms with van der Waals surface area (Å²) in [5.74, 6) is 0.368. The van der Waals surface area contributed by atoms with Gasteiger partial charge in [0, 0.05) is 17.9 Å². The molecule has 0 radical (unpaired) electrons. The molecule has 1 aliphatic carbocycles. The molecule has 5 heteroatoms. The topological polar surface area (TPSA) is 70.2 Å². The van der Waals surface area contributed by atoms with Crippen molar-refractivity contribution in [3.63, 3.8) is 0 Å². The van der Waals surface area contributed by atoms with Crippen molar-refractivity contribution in [2.24, 2.45) is 5.92 Å². The van der Waals surface area contributed by atoms with Crippen LogP contribution in [0.25, 0.3) is 10.8 Å². The van der Waals surface area contributed by atoms with E-state index < -0.39 is 0 Å². The van der Waals surface area contributed by atoms with Crippen LogP contribution in [-0.2, 0) is 16.0 Å². The number of amides is 2. The fraction of sp³-hybridized carbons (Fsp3) is 0.308. The number of hydrogen-bond donors (Lipinski definition) is 3. The molecule has 3 aromatic rings. The van der Waals surface area contributed by atoms with Crippen LogP contribution in [0.3, 0.4) is 0 Å². The minimum absolute atomic E-state index is 0.0503. The van der Waals surface area contributed by atoms with Gasteiger partial charge in [0.05, 0.1) is 13.0 Å². The summed E-state index contributed by atoms with van der Waals surface area (Å²) in [6, 6.07) is 21.6. The standard InChI is InChI=1S/C26H29N3O2/c30-25(16-21-10-5-9-20-8-3-4-11-24(20)21)28-18-26(31)29-23-14-12-22(13-15-23)27-17-19-6-1-2-7-19/h3-5,8-15,19,27H,1-2,6-7,16-18H2,(H,28,30)(H,29,31). The SMILES string of the molecule is O=C(Cc1cccc2ccccc12)NCC(=O)Nc1ccc(NCC2CCCC2)cc1. The van der Waals surface area contributed by atoms with E-state index in [1.165, 1.54) is 25.7 Å². The Hall–Kier alpha value is -3.34. The van der Waals surface area contributed by atoms with Crippen LogP contribution in [-0.4, -0.2) is 24.9 Å². The minimum atomic E-state index is -0.238. The lowest BCUT2D eigenvalue weighted by molar-refractivity contribution is -0.123. The highest BCUT2D eigenvalue weighted by molar-refractivity contribution is 5.96. The van der Waals surface area contributed by atoms with Crippen molar-refractivity contribution < 1.29 is 9.59 Å². The summed E-state index contributed by atoms with van der Waals surface area (Å²) in [6.45, 7) is 0.958. The molecule has 0 heterocycles. The summed E-state index contributed by atoms with van der Waals surface area (Å²) in [7, 11) is 0. The molecule has 0 spiro atoms. The Labute approximate surface area is 183 Å². The number of hydrogen-bond acceptors (Lipinski definition) is 3. The molecular formula is C26H29N3O2. The van der Waals surface area contributed by atoms with Crippen molar-refractivity contribution in [2.45, 2.75) is 32.1 Å². The summed E-state index contributed by atoms with van der Waals surface area (Å²) >= 11 is 0. The number of rotatable bonds is 8. The van der Waals surface area contributed by atoms with E-state index in [2.05, 4.69) is 16.0 Å². The number of anilines is 2. The molecule has 5 nitrogen and oxygen atoms in total. The predicted molar refractivity (Wildman–Crippen MR) is 126 cm³/mol. The van der Waals surface area contributed by atoms with Crippen LogP contribution in [0.1, 0.15) is 31.2 Å². The van der Waals surface area contributed by atoms with E-state index in [9.17, 15) is 9.59 Å². The zero-order chi connectivity index (χ0) is 21.5. The molecule has 0 bridgehead atoms. The molecule has 160 valence electrons. The number of carbonyl (C=O) groups excluding carboxylic acids is 2. The summed E-state index contributed by atoms with van der Waals surface area (Å²) in [4.78, 5) is 24.6. The fourth-order valence-electron chi connectivity index (χ4n) is 4.21. The molecule has 0 atom stereocenters. The third-order valence-corrected chi connectivity index (χ3v) is 5.92. The van der Waals surface area contributed by atoms with Crippen LogP contribution < -0.4 is 16.0 Å². The van der Waals surface area contributed by atoms with Gasteiger partial charge in [-0.15, -0.1) is 0 Å². The minimum Gasteiger partial charge on any atom is -0.385 e. The molecule has 1 aliphatic rings. The predicted octanol–water partition coefficient (Wildman–Crippen LogP) is 4.74. The maximum absolute atomic E-state index is 12.3. The lowest BCUT2D eigenvalue weighted by Gasteiger charge is -2.12. The Morgan fingerprint density at radius 1 is 0.806 bits per heavy atom. The van der Waals surface area contributed by atoms with Crippen molar-refractivity contribution in [1.29, 1.82) is 0 Å². The van der Waals surface area contributed by atoms with E-state index in [1.807, 2.05) is 66.7 Å². The number of benzene rings is 3. The van der Waals surface area contributed by atoms with Gasteiger partial charge in [-0.3, -0.25) is 9.59 Å². The molecule has 1 fully saturated rings. The van der Waals surface area contributed by atoms with Crippen LogP contribution in [0.5, 0.6) is 0 Å². The van der Waals surface area contributed by atoms with Crippen molar-refractivity contribution in [3.05, 3.63) is 72.3 Å². The molecule has 4 rings (SSSR count). The summed E-state index contributed by atoms with van der Waals surface area (Å²) in [6.07, 6.45) is 5.56. The van der Waals surface area contributed by atoms with Gasteiger partial charge in [-0.2, -0.15) is 0 Å². The van der Waals surface area contributed by atoms with E-state index in [4.69, 9.17) is 0 Å². The van der Waals surface area contributed by atoms with E-state index in [-0.39, 0.29) is 24.8 Å². The van der Waals surface area contributed by atoms with Gasteiger partial charge < -0.3 is 16.0 Å². The first kappa shape index (κ1) is 20.9. The van der Waals surface area contributed by atoms with Crippen molar-refractivity contribution in [3.8, 4) is 0 Å². The van der Waals surface area contributed by atoms with Gasteiger partial charge in [0.25, 0.3) is 0 Å². The zero-order valence-electron chi connectivity index (χ0n) is 17.7. The Morgan fingerprint density at radius 3 is 2.32 bits per heavy atom. The molecule has 1 saturated carbocycles. The second-order valence-corrected chi connectivity index (χ2v) is 8.25. The van der Waals surface area contributed by atoms with E-state index in [1.54, 1.807) is 0 Å².